The largest absolute Gasteiger partial charge is 0.392 e. The van der Waals surface area contributed by atoms with E-state index >= 15 is 0 Å². The highest BCUT2D eigenvalue weighted by molar-refractivity contribution is 5.67. The number of β-amino-alcohol motifs (C(OH)–C–C–N with tert-alkyl or cyclic N) is 1. The standard InChI is InChI=1S/C14H20N4O5/c1-10-8-15(9-11(2)19)5-6-16(10)13-4-3-12(17(20)21)7-14(13)18(22)23/h3-4,7,10-11,19H,5-6,8-9H2,1-2H3. The van der Waals surface area contributed by atoms with E-state index in [1.165, 1.54) is 12.1 Å². The van der Waals surface area contributed by atoms with Gasteiger partial charge in [-0.3, -0.25) is 25.1 Å². The van der Waals surface area contributed by atoms with Crippen LogP contribution in [0.3, 0.4) is 0 Å². The van der Waals surface area contributed by atoms with Crippen LogP contribution in [0.4, 0.5) is 17.1 Å². The van der Waals surface area contributed by atoms with Crippen LogP contribution in [0.5, 0.6) is 0 Å². The number of hydrogen-bond acceptors (Lipinski definition) is 7. The van der Waals surface area contributed by atoms with E-state index in [4.69, 9.17) is 0 Å². The summed E-state index contributed by atoms with van der Waals surface area (Å²) in [4.78, 5) is 24.8. The fraction of sp³-hybridized carbons (Fsp3) is 0.571. The first-order valence-electron chi connectivity index (χ1n) is 7.39. The second-order valence-electron chi connectivity index (χ2n) is 5.84. The molecule has 2 atom stereocenters. The molecule has 0 radical (unpaired) electrons. The lowest BCUT2D eigenvalue weighted by molar-refractivity contribution is -0.393. The van der Waals surface area contributed by atoms with E-state index in [0.717, 1.165) is 6.07 Å². The van der Waals surface area contributed by atoms with Gasteiger partial charge < -0.3 is 10.0 Å². The van der Waals surface area contributed by atoms with Crippen molar-refractivity contribution in [3.05, 3.63) is 38.4 Å². The van der Waals surface area contributed by atoms with Crippen molar-refractivity contribution in [2.75, 3.05) is 31.1 Å². The predicted molar refractivity (Wildman–Crippen MR) is 84.7 cm³/mol. The van der Waals surface area contributed by atoms with E-state index in [1.54, 1.807) is 6.92 Å². The van der Waals surface area contributed by atoms with E-state index in [1.807, 2.05) is 11.8 Å². The van der Waals surface area contributed by atoms with Gasteiger partial charge in [0.15, 0.2) is 0 Å². The van der Waals surface area contributed by atoms with Crippen LogP contribution >= 0.6 is 0 Å². The molecular formula is C14H20N4O5. The van der Waals surface area contributed by atoms with Gasteiger partial charge in [-0.2, -0.15) is 0 Å². The predicted octanol–water partition coefficient (Wildman–Crippen LogP) is 1.39. The summed E-state index contributed by atoms with van der Waals surface area (Å²) in [6.45, 7) is 6.12. The lowest BCUT2D eigenvalue weighted by Gasteiger charge is -2.41. The van der Waals surface area contributed by atoms with Crippen LogP contribution in [0.15, 0.2) is 18.2 Å². The topological polar surface area (TPSA) is 113 Å². The fourth-order valence-corrected chi connectivity index (χ4v) is 2.94. The summed E-state index contributed by atoms with van der Waals surface area (Å²) in [7, 11) is 0. The minimum Gasteiger partial charge on any atom is -0.392 e. The van der Waals surface area contributed by atoms with E-state index in [9.17, 15) is 25.3 Å². The van der Waals surface area contributed by atoms with Crippen molar-refractivity contribution < 1.29 is 15.0 Å². The molecule has 0 amide bonds. The van der Waals surface area contributed by atoms with Gasteiger partial charge in [0.2, 0.25) is 0 Å². The van der Waals surface area contributed by atoms with E-state index in [-0.39, 0.29) is 17.4 Å². The molecule has 126 valence electrons. The molecule has 0 aliphatic carbocycles. The fourth-order valence-electron chi connectivity index (χ4n) is 2.94. The van der Waals surface area contributed by atoms with Crippen LogP contribution < -0.4 is 4.90 Å². The van der Waals surface area contributed by atoms with Crippen molar-refractivity contribution >= 4 is 17.1 Å². The molecule has 2 unspecified atom stereocenters. The highest BCUT2D eigenvalue weighted by Gasteiger charge is 2.30. The Morgan fingerprint density at radius 1 is 1.30 bits per heavy atom. The lowest BCUT2D eigenvalue weighted by Crippen LogP contribution is -2.53. The highest BCUT2D eigenvalue weighted by Crippen LogP contribution is 2.34. The second kappa shape index (κ2) is 6.88. The van der Waals surface area contributed by atoms with Crippen molar-refractivity contribution in [1.29, 1.82) is 0 Å². The number of nitro groups is 2. The molecule has 0 aromatic heterocycles. The minimum atomic E-state index is -0.638. The summed E-state index contributed by atoms with van der Waals surface area (Å²) in [5.41, 5.74) is -0.152. The van der Waals surface area contributed by atoms with Gasteiger partial charge in [0.05, 0.1) is 22.0 Å². The average Bonchev–Trinajstić information content (AvgIpc) is 2.46. The number of hydrogen-bond donors (Lipinski definition) is 1. The molecule has 2 rings (SSSR count). The number of non-ortho nitro benzene ring substituents is 1. The van der Waals surface area contributed by atoms with Crippen LogP contribution in [0.2, 0.25) is 0 Å². The number of aliphatic hydroxyl groups excluding tert-OH is 1. The SMILES string of the molecule is CC(O)CN1CCN(c2ccc([N+](=O)[O-])cc2[N+](=O)[O-])C(C)C1. The first-order chi connectivity index (χ1) is 10.8. The molecular weight excluding hydrogens is 304 g/mol. The van der Waals surface area contributed by atoms with Crippen LogP contribution in [-0.2, 0) is 0 Å². The number of nitro benzene ring substituents is 2. The second-order valence-corrected chi connectivity index (χ2v) is 5.84. The molecule has 0 spiro atoms. The van der Waals surface area contributed by atoms with Gasteiger partial charge in [-0.05, 0) is 19.9 Å². The van der Waals surface area contributed by atoms with Crippen molar-refractivity contribution in [2.45, 2.75) is 26.0 Å². The number of rotatable bonds is 5. The van der Waals surface area contributed by atoms with Gasteiger partial charge in [0.1, 0.15) is 5.69 Å². The van der Waals surface area contributed by atoms with E-state index in [2.05, 4.69) is 4.90 Å². The maximum Gasteiger partial charge on any atom is 0.299 e. The molecule has 9 heteroatoms. The Hall–Kier alpha value is -2.26. The normalized spacial score (nSPS) is 20.3. The Kier molecular flexibility index (Phi) is 5.12. The molecule has 1 aliphatic rings. The minimum absolute atomic E-state index is 0.00246. The molecule has 1 fully saturated rings. The quantitative estimate of drug-likeness (QED) is 0.643. The van der Waals surface area contributed by atoms with Crippen LogP contribution in [0.25, 0.3) is 0 Å². The van der Waals surface area contributed by atoms with Crippen LogP contribution in [0.1, 0.15) is 13.8 Å². The molecule has 23 heavy (non-hydrogen) atoms. The van der Waals surface area contributed by atoms with Gasteiger partial charge in [-0.25, -0.2) is 0 Å². The van der Waals surface area contributed by atoms with Gasteiger partial charge in [0, 0.05) is 38.3 Å². The Bertz CT molecular complexity index is 607. The molecule has 9 nitrogen and oxygen atoms in total. The molecule has 1 saturated heterocycles. The molecule has 0 saturated carbocycles. The molecule has 1 aromatic carbocycles. The zero-order valence-corrected chi connectivity index (χ0v) is 13.1. The van der Waals surface area contributed by atoms with Crippen LogP contribution in [-0.4, -0.2) is 58.2 Å². The summed E-state index contributed by atoms with van der Waals surface area (Å²) < 4.78 is 0. The Morgan fingerprint density at radius 3 is 2.52 bits per heavy atom. The summed E-state index contributed by atoms with van der Waals surface area (Å²) >= 11 is 0. The summed E-state index contributed by atoms with van der Waals surface area (Å²) in [6.07, 6.45) is -0.428. The number of aliphatic hydroxyl groups is 1. The zero-order chi connectivity index (χ0) is 17.1. The first kappa shape index (κ1) is 17.1. The van der Waals surface area contributed by atoms with Gasteiger partial charge >= 0.3 is 0 Å². The molecule has 1 aromatic rings. The van der Waals surface area contributed by atoms with Crippen molar-refractivity contribution in [1.82, 2.24) is 4.90 Å². The Balaban J connectivity index is 2.25. The van der Waals surface area contributed by atoms with Gasteiger partial charge in [0.25, 0.3) is 11.4 Å². The number of nitrogens with zero attached hydrogens (tertiary/aromatic N) is 4. The monoisotopic (exact) mass is 324 g/mol. The van der Waals surface area contributed by atoms with Gasteiger partial charge in [-0.1, -0.05) is 0 Å². The lowest BCUT2D eigenvalue weighted by atomic mass is 10.1. The maximum atomic E-state index is 11.3. The third kappa shape index (κ3) is 3.93. The average molecular weight is 324 g/mol. The number of anilines is 1. The van der Waals surface area contributed by atoms with Crippen molar-refractivity contribution in [3.63, 3.8) is 0 Å². The summed E-state index contributed by atoms with van der Waals surface area (Å²) in [5, 5.41) is 31.5. The number of piperazine rings is 1. The van der Waals surface area contributed by atoms with Gasteiger partial charge in [-0.15, -0.1) is 0 Å². The van der Waals surface area contributed by atoms with Crippen molar-refractivity contribution in [2.24, 2.45) is 0 Å². The smallest absolute Gasteiger partial charge is 0.299 e. The zero-order valence-electron chi connectivity index (χ0n) is 13.1. The van der Waals surface area contributed by atoms with E-state index in [0.29, 0.717) is 31.9 Å². The molecule has 1 heterocycles. The Morgan fingerprint density at radius 2 is 2.00 bits per heavy atom. The van der Waals surface area contributed by atoms with Crippen molar-refractivity contribution in [3.8, 4) is 0 Å². The summed E-state index contributed by atoms with van der Waals surface area (Å²) in [5.74, 6) is 0. The first-order valence-corrected chi connectivity index (χ1v) is 7.39. The Labute approximate surface area is 133 Å². The third-order valence-electron chi connectivity index (χ3n) is 3.91. The highest BCUT2D eigenvalue weighted by atomic mass is 16.6. The molecule has 1 aliphatic heterocycles. The van der Waals surface area contributed by atoms with Crippen LogP contribution in [0, 0.1) is 20.2 Å². The summed E-state index contributed by atoms with van der Waals surface area (Å²) in [6, 6.07) is 3.74. The molecule has 1 N–H and O–H groups in total. The maximum absolute atomic E-state index is 11.3. The van der Waals surface area contributed by atoms with E-state index < -0.39 is 16.0 Å². The molecule has 0 bridgehead atoms. The third-order valence-corrected chi connectivity index (χ3v) is 3.91. The number of benzene rings is 1.